The van der Waals surface area contributed by atoms with Crippen molar-refractivity contribution in [2.45, 2.75) is 63.5 Å². The molecule has 104 valence electrons. The summed E-state index contributed by atoms with van der Waals surface area (Å²) in [6, 6.07) is 0.362. The predicted octanol–water partition coefficient (Wildman–Crippen LogP) is 1.27. The monoisotopic (exact) mass is 254 g/mol. The van der Waals surface area contributed by atoms with E-state index in [1.807, 2.05) is 0 Å². The zero-order chi connectivity index (χ0) is 13.0. The Labute approximate surface area is 110 Å². The van der Waals surface area contributed by atoms with Crippen molar-refractivity contribution in [3.8, 4) is 0 Å². The molecule has 0 bridgehead atoms. The number of nitrogens with zero attached hydrogens (tertiary/aromatic N) is 1. The molecule has 4 heteroatoms. The van der Waals surface area contributed by atoms with Crippen LogP contribution in [0.5, 0.6) is 0 Å². The molecule has 2 unspecified atom stereocenters. The number of β-amino-alcohol motifs (C(OH)–C–C–N with tert-alkyl or cyclic N) is 1. The van der Waals surface area contributed by atoms with Gasteiger partial charge in [-0.1, -0.05) is 12.8 Å². The summed E-state index contributed by atoms with van der Waals surface area (Å²) in [5, 5.41) is 10.00. The molecule has 0 radical (unpaired) electrons. The van der Waals surface area contributed by atoms with Crippen molar-refractivity contribution < 1.29 is 9.90 Å². The number of amides is 1. The molecule has 0 aromatic rings. The number of likely N-dealkylation sites (tertiary alicyclic amines) is 1. The highest BCUT2D eigenvalue weighted by Gasteiger charge is 2.24. The predicted molar refractivity (Wildman–Crippen MR) is 71.0 cm³/mol. The number of hydrogen-bond donors (Lipinski definition) is 2. The summed E-state index contributed by atoms with van der Waals surface area (Å²) in [5.74, 6) is 0.881. The van der Waals surface area contributed by atoms with Gasteiger partial charge in [-0.25, -0.2) is 0 Å². The molecule has 0 spiro atoms. The van der Waals surface area contributed by atoms with Crippen LogP contribution in [0.15, 0.2) is 0 Å². The highest BCUT2D eigenvalue weighted by atomic mass is 16.3. The Kier molecular flexibility index (Phi) is 5.01. The third-order valence-corrected chi connectivity index (χ3v) is 4.33. The highest BCUT2D eigenvalue weighted by Crippen LogP contribution is 2.27. The third kappa shape index (κ3) is 3.95. The van der Waals surface area contributed by atoms with Crippen molar-refractivity contribution >= 4 is 5.91 Å². The van der Waals surface area contributed by atoms with Gasteiger partial charge >= 0.3 is 0 Å². The number of nitrogens with two attached hydrogens (primary N) is 1. The van der Waals surface area contributed by atoms with E-state index >= 15 is 0 Å². The Morgan fingerprint density at radius 3 is 2.89 bits per heavy atom. The van der Waals surface area contributed by atoms with Crippen molar-refractivity contribution in [1.29, 1.82) is 0 Å². The fourth-order valence-corrected chi connectivity index (χ4v) is 3.27. The van der Waals surface area contributed by atoms with Crippen LogP contribution >= 0.6 is 0 Å². The van der Waals surface area contributed by atoms with Crippen LogP contribution in [-0.4, -0.2) is 41.1 Å². The molecule has 2 rings (SSSR count). The molecule has 2 aliphatic rings. The van der Waals surface area contributed by atoms with Gasteiger partial charge in [0.2, 0.25) is 5.91 Å². The molecule has 2 fully saturated rings. The largest absolute Gasteiger partial charge is 0.391 e. The Hall–Kier alpha value is -0.610. The van der Waals surface area contributed by atoms with Crippen LogP contribution in [0.3, 0.4) is 0 Å². The van der Waals surface area contributed by atoms with E-state index < -0.39 is 0 Å². The number of aliphatic hydroxyl groups is 1. The summed E-state index contributed by atoms with van der Waals surface area (Å²) < 4.78 is 0. The number of hydrogen-bond acceptors (Lipinski definition) is 3. The molecule has 18 heavy (non-hydrogen) atoms. The zero-order valence-corrected chi connectivity index (χ0v) is 11.2. The summed E-state index contributed by atoms with van der Waals surface area (Å²) in [7, 11) is 0. The highest BCUT2D eigenvalue weighted by molar-refractivity contribution is 5.78. The molecule has 1 saturated carbocycles. The van der Waals surface area contributed by atoms with Crippen molar-refractivity contribution in [3.05, 3.63) is 0 Å². The van der Waals surface area contributed by atoms with Crippen LogP contribution in [-0.2, 0) is 4.79 Å². The maximum atomic E-state index is 11.5. The Morgan fingerprint density at radius 1 is 1.39 bits per heavy atom. The van der Waals surface area contributed by atoms with Gasteiger partial charge in [-0.15, -0.1) is 0 Å². The molecule has 1 aliphatic heterocycles. The second-order valence-corrected chi connectivity index (χ2v) is 5.97. The zero-order valence-electron chi connectivity index (χ0n) is 11.2. The molecule has 3 atom stereocenters. The molecule has 1 saturated heterocycles. The van der Waals surface area contributed by atoms with Crippen LogP contribution in [0.4, 0.5) is 0 Å². The van der Waals surface area contributed by atoms with Gasteiger partial charge in [0, 0.05) is 25.6 Å². The van der Waals surface area contributed by atoms with Crippen LogP contribution in [0, 0.1) is 5.92 Å². The number of aliphatic hydroxyl groups excluding tert-OH is 1. The molecule has 0 aromatic heterocycles. The maximum absolute atomic E-state index is 11.5. The lowest BCUT2D eigenvalue weighted by Gasteiger charge is -2.28. The molecule has 1 heterocycles. The topological polar surface area (TPSA) is 66.6 Å². The minimum absolute atomic E-state index is 0.203. The molecular formula is C14H26N2O2. The van der Waals surface area contributed by atoms with Crippen LogP contribution in [0.2, 0.25) is 0 Å². The van der Waals surface area contributed by atoms with Gasteiger partial charge in [0.15, 0.2) is 0 Å². The van der Waals surface area contributed by atoms with Crippen molar-refractivity contribution in [1.82, 2.24) is 4.90 Å². The smallest absolute Gasteiger partial charge is 0.222 e. The Morgan fingerprint density at radius 2 is 2.22 bits per heavy atom. The van der Waals surface area contributed by atoms with Gasteiger partial charge < -0.3 is 15.7 Å². The lowest BCUT2D eigenvalue weighted by Crippen LogP contribution is -2.34. The molecule has 3 N–H and O–H groups in total. The standard InChI is InChI=1S/C14H26N2O2/c15-12-4-1-3-11(9-12)6-7-13(17)10-16-8-2-5-14(16)18/h11-13,17H,1-10,15H2/t11?,12?,13-/m0/s1. The SMILES string of the molecule is NC1CCCC(CC[C@H](O)CN2CCCC2=O)C1. The lowest BCUT2D eigenvalue weighted by atomic mass is 9.83. The average molecular weight is 254 g/mol. The van der Waals surface area contributed by atoms with Gasteiger partial charge in [0.1, 0.15) is 0 Å². The number of rotatable bonds is 5. The van der Waals surface area contributed by atoms with Gasteiger partial charge in [0.25, 0.3) is 0 Å². The van der Waals surface area contributed by atoms with Crippen molar-refractivity contribution in [2.24, 2.45) is 11.7 Å². The number of carbonyl (C=O) groups is 1. The Balaban J connectivity index is 1.64. The fourth-order valence-electron chi connectivity index (χ4n) is 3.27. The fraction of sp³-hybridized carbons (Fsp3) is 0.929. The first-order chi connectivity index (χ1) is 8.65. The maximum Gasteiger partial charge on any atom is 0.222 e. The van der Waals surface area contributed by atoms with Crippen molar-refractivity contribution in [2.75, 3.05) is 13.1 Å². The van der Waals surface area contributed by atoms with Crippen LogP contribution in [0.1, 0.15) is 51.4 Å². The minimum atomic E-state index is -0.356. The second-order valence-electron chi connectivity index (χ2n) is 5.97. The second kappa shape index (κ2) is 6.53. The summed E-state index contributed by atoms with van der Waals surface area (Å²) in [6.45, 7) is 1.35. The van der Waals surface area contributed by atoms with Gasteiger partial charge in [-0.05, 0) is 38.0 Å². The summed E-state index contributed by atoms with van der Waals surface area (Å²) in [6.07, 6.45) is 7.85. The molecule has 1 amide bonds. The minimum Gasteiger partial charge on any atom is -0.391 e. The molecule has 0 aromatic carbocycles. The van der Waals surface area contributed by atoms with E-state index in [0.717, 1.165) is 38.6 Å². The quantitative estimate of drug-likeness (QED) is 0.776. The van der Waals surface area contributed by atoms with Gasteiger partial charge in [-0.2, -0.15) is 0 Å². The van der Waals surface area contributed by atoms with Crippen LogP contribution in [0.25, 0.3) is 0 Å². The van der Waals surface area contributed by atoms with E-state index in [2.05, 4.69) is 0 Å². The normalized spacial score (nSPS) is 30.8. The number of carbonyl (C=O) groups excluding carboxylic acids is 1. The van der Waals surface area contributed by atoms with E-state index in [1.54, 1.807) is 4.90 Å². The van der Waals surface area contributed by atoms with E-state index in [-0.39, 0.29) is 12.0 Å². The first-order valence-corrected chi connectivity index (χ1v) is 7.36. The average Bonchev–Trinajstić information content (AvgIpc) is 2.73. The van der Waals surface area contributed by atoms with Crippen LogP contribution < -0.4 is 5.73 Å². The molecular weight excluding hydrogens is 228 g/mol. The van der Waals surface area contributed by atoms with E-state index in [9.17, 15) is 9.90 Å². The van der Waals surface area contributed by atoms with E-state index in [1.165, 1.54) is 12.8 Å². The van der Waals surface area contributed by atoms with Gasteiger partial charge in [-0.3, -0.25) is 4.79 Å². The summed E-state index contributed by atoms with van der Waals surface area (Å²) >= 11 is 0. The van der Waals surface area contributed by atoms with E-state index in [0.29, 0.717) is 24.9 Å². The van der Waals surface area contributed by atoms with Crippen molar-refractivity contribution in [3.63, 3.8) is 0 Å². The summed E-state index contributed by atoms with van der Waals surface area (Å²) in [4.78, 5) is 13.3. The van der Waals surface area contributed by atoms with Gasteiger partial charge in [0.05, 0.1) is 6.10 Å². The molecule has 4 nitrogen and oxygen atoms in total. The Bertz CT molecular complexity index is 283. The summed E-state index contributed by atoms with van der Waals surface area (Å²) in [5.41, 5.74) is 5.97. The first-order valence-electron chi connectivity index (χ1n) is 7.36. The third-order valence-electron chi connectivity index (χ3n) is 4.33. The van der Waals surface area contributed by atoms with E-state index in [4.69, 9.17) is 5.73 Å². The lowest BCUT2D eigenvalue weighted by molar-refractivity contribution is -0.129. The molecule has 1 aliphatic carbocycles. The first kappa shape index (κ1) is 13.8.